The van der Waals surface area contributed by atoms with E-state index in [2.05, 4.69) is 17.6 Å². The number of aromatic nitrogens is 1. The molecule has 1 N–H and O–H groups in total. The molecule has 0 amide bonds. The van der Waals surface area contributed by atoms with Gasteiger partial charge >= 0.3 is 0 Å². The quantitative estimate of drug-likeness (QED) is 0.901. The lowest BCUT2D eigenvalue weighted by Crippen LogP contribution is -1.98. The van der Waals surface area contributed by atoms with Gasteiger partial charge in [-0.05, 0) is 29.8 Å². The molecule has 2 aromatic rings. The predicted octanol–water partition coefficient (Wildman–Crippen LogP) is 3.30. The highest BCUT2D eigenvalue weighted by molar-refractivity contribution is 6.32. The lowest BCUT2D eigenvalue weighted by atomic mass is 10.2. The molecule has 0 bridgehead atoms. The zero-order valence-corrected chi connectivity index (χ0v) is 10.7. The Bertz CT molecular complexity index is 508. The number of hydrogen-bond acceptors (Lipinski definition) is 2. The first kappa shape index (κ1) is 11.9. The predicted molar refractivity (Wildman–Crippen MR) is 70.7 cm³/mol. The molecule has 0 fully saturated rings. The van der Waals surface area contributed by atoms with Gasteiger partial charge in [-0.2, -0.15) is 0 Å². The van der Waals surface area contributed by atoms with Crippen LogP contribution in [0.15, 0.2) is 36.7 Å². The monoisotopic (exact) mass is 250 g/mol. The van der Waals surface area contributed by atoms with Crippen molar-refractivity contribution in [3.8, 4) is 5.75 Å². The summed E-state index contributed by atoms with van der Waals surface area (Å²) < 4.78 is 7.13. The highest BCUT2D eigenvalue weighted by Crippen LogP contribution is 2.27. The number of hydrogen-bond donors (Lipinski definition) is 1. The third-order valence-electron chi connectivity index (χ3n) is 2.54. The normalized spacial score (nSPS) is 10.3. The molecule has 0 spiro atoms. The van der Waals surface area contributed by atoms with E-state index < -0.39 is 0 Å². The maximum atomic E-state index is 6.05. The van der Waals surface area contributed by atoms with Crippen LogP contribution in [0.3, 0.4) is 0 Å². The minimum Gasteiger partial charge on any atom is -0.495 e. The Balaban J connectivity index is 2.02. The van der Waals surface area contributed by atoms with E-state index in [9.17, 15) is 0 Å². The molecule has 2 rings (SSSR count). The summed E-state index contributed by atoms with van der Waals surface area (Å²) in [6.07, 6.45) is 4.11. The Morgan fingerprint density at radius 1 is 1.35 bits per heavy atom. The van der Waals surface area contributed by atoms with Crippen LogP contribution < -0.4 is 10.1 Å². The summed E-state index contributed by atoms with van der Waals surface area (Å²) in [6.45, 7) is 0.781. The van der Waals surface area contributed by atoms with Gasteiger partial charge in [-0.3, -0.25) is 0 Å². The van der Waals surface area contributed by atoms with Gasteiger partial charge in [0.2, 0.25) is 0 Å². The molecule has 0 radical (unpaired) electrons. The van der Waals surface area contributed by atoms with Crippen LogP contribution >= 0.6 is 11.6 Å². The van der Waals surface area contributed by atoms with E-state index >= 15 is 0 Å². The smallest absolute Gasteiger partial charge is 0.137 e. The highest BCUT2D eigenvalue weighted by atomic mass is 35.5. The van der Waals surface area contributed by atoms with Gasteiger partial charge in [0.15, 0.2) is 0 Å². The van der Waals surface area contributed by atoms with Crippen molar-refractivity contribution in [2.75, 3.05) is 12.4 Å². The van der Waals surface area contributed by atoms with Crippen molar-refractivity contribution in [1.82, 2.24) is 4.57 Å². The van der Waals surface area contributed by atoms with Crippen LogP contribution in [-0.4, -0.2) is 11.7 Å². The van der Waals surface area contributed by atoms with Crippen molar-refractivity contribution in [3.05, 3.63) is 47.2 Å². The Morgan fingerprint density at radius 2 is 2.18 bits per heavy atom. The Kier molecular flexibility index (Phi) is 3.59. The molecule has 0 aliphatic carbocycles. The number of ether oxygens (including phenoxy) is 1. The third-order valence-corrected chi connectivity index (χ3v) is 2.84. The molecule has 3 nitrogen and oxygen atoms in total. The average molecular weight is 251 g/mol. The molecule has 90 valence electrons. The molecule has 1 aromatic carbocycles. The molecule has 0 atom stereocenters. The Morgan fingerprint density at radius 3 is 2.76 bits per heavy atom. The number of aryl methyl sites for hydroxylation is 1. The van der Waals surface area contributed by atoms with Gasteiger partial charge in [0.05, 0.1) is 12.1 Å². The van der Waals surface area contributed by atoms with Crippen LogP contribution in [-0.2, 0) is 13.6 Å². The summed E-state index contributed by atoms with van der Waals surface area (Å²) in [7, 11) is 3.62. The maximum absolute atomic E-state index is 6.05. The molecule has 0 aliphatic rings. The standard InChI is InChI=1S/C13H15ClN2O/c1-16-6-5-10(9-16)8-15-11-3-4-13(17-2)12(14)7-11/h3-7,9,15H,8H2,1-2H3. The molecule has 1 heterocycles. The molecule has 0 unspecified atom stereocenters. The molecular formula is C13H15ClN2O. The van der Waals surface area contributed by atoms with E-state index in [1.54, 1.807) is 7.11 Å². The topological polar surface area (TPSA) is 26.2 Å². The van der Waals surface area contributed by atoms with Crippen LogP contribution in [0.1, 0.15) is 5.56 Å². The van der Waals surface area contributed by atoms with E-state index in [1.165, 1.54) is 5.56 Å². The fourth-order valence-corrected chi connectivity index (χ4v) is 1.90. The molecule has 0 saturated carbocycles. The molecule has 4 heteroatoms. The molecular weight excluding hydrogens is 236 g/mol. The third kappa shape index (κ3) is 2.94. The van der Waals surface area contributed by atoms with Gasteiger partial charge < -0.3 is 14.6 Å². The van der Waals surface area contributed by atoms with Crippen LogP contribution in [0.2, 0.25) is 5.02 Å². The van der Waals surface area contributed by atoms with E-state index in [4.69, 9.17) is 16.3 Å². The van der Waals surface area contributed by atoms with Gasteiger partial charge in [-0.25, -0.2) is 0 Å². The fraction of sp³-hybridized carbons (Fsp3) is 0.231. The number of anilines is 1. The van der Waals surface area contributed by atoms with Gasteiger partial charge in [0.25, 0.3) is 0 Å². The lowest BCUT2D eigenvalue weighted by molar-refractivity contribution is 0.415. The average Bonchev–Trinajstić information content (AvgIpc) is 2.73. The summed E-state index contributed by atoms with van der Waals surface area (Å²) in [5.41, 5.74) is 2.22. The van der Waals surface area contributed by atoms with Crippen molar-refractivity contribution in [3.63, 3.8) is 0 Å². The van der Waals surface area contributed by atoms with Crippen LogP contribution in [0.5, 0.6) is 5.75 Å². The van der Waals surface area contributed by atoms with Gasteiger partial charge in [0, 0.05) is 31.7 Å². The summed E-state index contributed by atoms with van der Waals surface area (Å²) in [6, 6.07) is 7.75. The van der Waals surface area contributed by atoms with E-state index in [-0.39, 0.29) is 0 Å². The van der Waals surface area contributed by atoms with Crippen molar-refractivity contribution >= 4 is 17.3 Å². The van der Waals surface area contributed by atoms with Gasteiger partial charge in [-0.15, -0.1) is 0 Å². The van der Waals surface area contributed by atoms with Crippen LogP contribution in [0, 0.1) is 0 Å². The molecule has 1 aromatic heterocycles. The summed E-state index contributed by atoms with van der Waals surface area (Å²) in [4.78, 5) is 0. The number of halogens is 1. The molecule has 0 saturated heterocycles. The lowest BCUT2D eigenvalue weighted by Gasteiger charge is -2.08. The van der Waals surface area contributed by atoms with E-state index in [1.807, 2.05) is 36.0 Å². The molecule has 0 aliphatic heterocycles. The van der Waals surface area contributed by atoms with E-state index in [0.29, 0.717) is 10.8 Å². The van der Waals surface area contributed by atoms with Crippen molar-refractivity contribution in [1.29, 1.82) is 0 Å². The fourth-order valence-electron chi connectivity index (χ4n) is 1.65. The molecule has 17 heavy (non-hydrogen) atoms. The zero-order chi connectivity index (χ0) is 12.3. The van der Waals surface area contributed by atoms with Crippen LogP contribution in [0.4, 0.5) is 5.69 Å². The first-order valence-corrected chi connectivity index (χ1v) is 5.75. The van der Waals surface area contributed by atoms with Gasteiger partial charge in [-0.1, -0.05) is 11.6 Å². The SMILES string of the molecule is COc1ccc(NCc2ccn(C)c2)cc1Cl. The maximum Gasteiger partial charge on any atom is 0.137 e. The number of methoxy groups -OCH3 is 1. The first-order chi connectivity index (χ1) is 8.19. The second-order valence-corrected chi connectivity index (χ2v) is 4.30. The van der Waals surface area contributed by atoms with Crippen molar-refractivity contribution in [2.45, 2.75) is 6.54 Å². The Hall–Kier alpha value is -1.61. The number of nitrogens with one attached hydrogen (secondary N) is 1. The van der Waals surface area contributed by atoms with Crippen molar-refractivity contribution in [2.24, 2.45) is 7.05 Å². The van der Waals surface area contributed by atoms with Crippen LogP contribution in [0.25, 0.3) is 0 Å². The minimum absolute atomic E-state index is 0.616. The zero-order valence-electron chi connectivity index (χ0n) is 9.90. The largest absolute Gasteiger partial charge is 0.495 e. The highest BCUT2D eigenvalue weighted by Gasteiger charge is 2.01. The van der Waals surface area contributed by atoms with Crippen molar-refractivity contribution < 1.29 is 4.74 Å². The van der Waals surface area contributed by atoms with E-state index in [0.717, 1.165) is 12.2 Å². The second kappa shape index (κ2) is 5.15. The number of rotatable bonds is 4. The minimum atomic E-state index is 0.616. The summed E-state index contributed by atoms with van der Waals surface area (Å²) >= 11 is 6.05. The van der Waals surface area contributed by atoms with Gasteiger partial charge in [0.1, 0.15) is 5.75 Å². The summed E-state index contributed by atoms with van der Waals surface area (Å²) in [5, 5.41) is 3.93. The number of nitrogens with zero attached hydrogens (tertiary/aromatic N) is 1. The Labute approximate surface area is 106 Å². The number of benzene rings is 1. The summed E-state index contributed by atoms with van der Waals surface area (Å²) in [5.74, 6) is 0.692. The first-order valence-electron chi connectivity index (χ1n) is 5.37. The second-order valence-electron chi connectivity index (χ2n) is 3.89.